The number of benzene rings is 1. The van der Waals surface area contributed by atoms with Crippen molar-refractivity contribution in [1.82, 2.24) is 18.7 Å². The SMILES string of the molecule is Cc1ccc(Cn2c(NCCCOC(C)C)nc3c2c(=O)n(C)c(=O)n3C)cc1. The van der Waals surface area contributed by atoms with E-state index in [2.05, 4.69) is 10.3 Å². The maximum atomic E-state index is 12.9. The number of aryl methyl sites for hydroxylation is 2. The fraction of sp³-hybridized carbons (Fsp3) is 0.476. The van der Waals surface area contributed by atoms with E-state index in [-0.39, 0.29) is 17.4 Å². The number of ether oxygens (including phenoxy) is 1. The Kier molecular flexibility index (Phi) is 6.22. The van der Waals surface area contributed by atoms with Gasteiger partial charge in [-0.15, -0.1) is 0 Å². The minimum absolute atomic E-state index is 0.193. The molecule has 0 amide bonds. The van der Waals surface area contributed by atoms with Crippen molar-refractivity contribution in [3.8, 4) is 0 Å². The van der Waals surface area contributed by atoms with Crippen molar-refractivity contribution < 1.29 is 4.74 Å². The van der Waals surface area contributed by atoms with Gasteiger partial charge in [0.15, 0.2) is 11.2 Å². The largest absolute Gasteiger partial charge is 0.379 e. The molecule has 0 radical (unpaired) electrons. The zero-order valence-electron chi connectivity index (χ0n) is 17.7. The van der Waals surface area contributed by atoms with Crippen molar-refractivity contribution in [3.05, 3.63) is 56.2 Å². The van der Waals surface area contributed by atoms with E-state index >= 15 is 0 Å². The first kappa shape index (κ1) is 20.9. The number of hydrogen-bond donors (Lipinski definition) is 1. The number of fused-ring (bicyclic) bond motifs is 1. The maximum absolute atomic E-state index is 12.9. The molecule has 0 spiro atoms. The molecule has 1 N–H and O–H groups in total. The molecule has 3 aromatic rings. The molecule has 0 aliphatic carbocycles. The van der Waals surface area contributed by atoms with E-state index in [1.165, 1.54) is 17.2 Å². The lowest BCUT2D eigenvalue weighted by atomic mass is 10.1. The van der Waals surface area contributed by atoms with Gasteiger partial charge in [-0.05, 0) is 32.8 Å². The van der Waals surface area contributed by atoms with Gasteiger partial charge in [0, 0.05) is 27.2 Å². The van der Waals surface area contributed by atoms with Crippen LogP contribution in [0.15, 0.2) is 33.9 Å². The molecule has 0 saturated heterocycles. The van der Waals surface area contributed by atoms with Gasteiger partial charge in [0.25, 0.3) is 5.56 Å². The van der Waals surface area contributed by atoms with Gasteiger partial charge < -0.3 is 10.1 Å². The van der Waals surface area contributed by atoms with Gasteiger partial charge in [0.2, 0.25) is 5.95 Å². The van der Waals surface area contributed by atoms with Crippen molar-refractivity contribution in [2.24, 2.45) is 14.1 Å². The summed E-state index contributed by atoms with van der Waals surface area (Å²) in [6.07, 6.45) is 1.00. The van der Waals surface area contributed by atoms with E-state index in [1.807, 2.05) is 49.6 Å². The molecule has 156 valence electrons. The van der Waals surface area contributed by atoms with Gasteiger partial charge in [-0.2, -0.15) is 4.98 Å². The van der Waals surface area contributed by atoms with E-state index in [1.54, 1.807) is 7.05 Å². The standard InChI is InChI=1S/C21H29N5O3/c1-14(2)29-12-6-11-22-20-23-18-17(19(27)25(5)21(28)24(18)4)26(20)13-16-9-7-15(3)8-10-16/h7-10,14H,6,11-13H2,1-5H3,(H,22,23). The number of nitrogens with one attached hydrogen (secondary N) is 1. The van der Waals surface area contributed by atoms with Crippen molar-refractivity contribution >= 4 is 17.1 Å². The summed E-state index contributed by atoms with van der Waals surface area (Å²) in [5.74, 6) is 0.573. The van der Waals surface area contributed by atoms with Crippen molar-refractivity contribution in [3.63, 3.8) is 0 Å². The second-order valence-corrected chi connectivity index (χ2v) is 7.59. The monoisotopic (exact) mass is 399 g/mol. The second-order valence-electron chi connectivity index (χ2n) is 7.59. The van der Waals surface area contributed by atoms with Gasteiger partial charge in [0.05, 0.1) is 12.6 Å². The Morgan fingerprint density at radius 3 is 2.45 bits per heavy atom. The summed E-state index contributed by atoms with van der Waals surface area (Å²) in [4.78, 5) is 29.8. The van der Waals surface area contributed by atoms with Crippen LogP contribution in [0.5, 0.6) is 0 Å². The predicted molar refractivity (Wildman–Crippen MR) is 115 cm³/mol. The number of imidazole rings is 1. The number of nitrogens with zero attached hydrogens (tertiary/aromatic N) is 4. The van der Waals surface area contributed by atoms with Gasteiger partial charge >= 0.3 is 5.69 Å². The highest BCUT2D eigenvalue weighted by molar-refractivity contribution is 5.74. The van der Waals surface area contributed by atoms with Crippen LogP contribution in [0.25, 0.3) is 11.2 Å². The summed E-state index contributed by atoms with van der Waals surface area (Å²) < 4.78 is 9.96. The fourth-order valence-electron chi connectivity index (χ4n) is 3.20. The van der Waals surface area contributed by atoms with Crippen molar-refractivity contribution in [2.45, 2.75) is 39.8 Å². The zero-order valence-corrected chi connectivity index (χ0v) is 17.7. The molecule has 0 fully saturated rings. The summed E-state index contributed by atoms with van der Waals surface area (Å²) in [5.41, 5.74) is 2.28. The molecule has 0 saturated carbocycles. The molecule has 8 nitrogen and oxygen atoms in total. The molecule has 29 heavy (non-hydrogen) atoms. The van der Waals surface area contributed by atoms with Crippen molar-refractivity contribution in [1.29, 1.82) is 0 Å². The Bertz CT molecular complexity index is 1110. The van der Waals surface area contributed by atoms with Crippen molar-refractivity contribution in [2.75, 3.05) is 18.5 Å². The summed E-state index contributed by atoms with van der Waals surface area (Å²) in [6.45, 7) is 7.82. The fourth-order valence-corrected chi connectivity index (χ4v) is 3.20. The highest BCUT2D eigenvalue weighted by Gasteiger charge is 2.19. The minimum atomic E-state index is -0.389. The lowest BCUT2D eigenvalue weighted by Crippen LogP contribution is -2.37. The highest BCUT2D eigenvalue weighted by atomic mass is 16.5. The van der Waals surface area contributed by atoms with Crippen LogP contribution in [0, 0.1) is 6.92 Å². The summed E-state index contributed by atoms with van der Waals surface area (Å²) in [7, 11) is 3.12. The van der Waals surface area contributed by atoms with Crippen LogP contribution < -0.4 is 16.6 Å². The summed E-state index contributed by atoms with van der Waals surface area (Å²) in [5, 5.41) is 3.31. The lowest BCUT2D eigenvalue weighted by molar-refractivity contribution is 0.0787. The maximum Gasteiger partial charge on any atom is 0.332 e. The number of hydrogen-bond acceptors (Lipinski definition) is 5. The molecule has 2 aromatic heterocycles. The molecule has 3 rings (SSSR count). The van der Waals surface area contributed by atoms with E-state index in [0.717, 1.165) is 16.6 Å². The van der Waals surface area contributed by atoms with Gasteiger partial charge in [-0.25, -0.2) is 4.79 Å². The quantitative estimate of drug-likeness (QED) is 0.586. The van der Waals surface area contributed by atoms with E-state index in [4.69, 9.17) is 4.74 Å². The molecule has 0 unspecified atom stereocenters. The third kappa shape index (κ3) is 4.42. The normalized spacial score (nSPS) is 11.5. The molecule has 0 atom stereocenters. The molecule has 0 aliphatic heterocycles. The van der Waals surface area contributed by atoms with Crippen LogP contribution in [0.4, 0.5) is 5.95 Å². The topological polar surface area (TPSA) is 83.1 Å². The molecular formula is C21H29N5O3. The summed E-state index contributed by atoms with van der Waals surface area (Å²) >= 11 is 0. The number of anilines is 1. The van der Waals surface area contributed by atoms with Crippen LogP contribution in [0.1, 0.15) is 31.4 Å². The molecule has 0 aliphatic rings. The summed E-state index contributed by atoms with van der Waals surface area (Å²) in [6, 6.07) is 8.15. The van der Waals surface area contributed by atoms with E-state index in [9.17, 15) is 9.59 Å². The lowest BCUT2D eigenvalue weighted by Gasteiger charge is -2.12. The Labute approximate surface area is 169 Å². The third-order valence-corrected chi connectivity index (χ3v) is 4.86. The van der Waals surface area contributed by atoms with E-state index < -0.39 is 0 Å². The average molecular weight is 399 g/mol. The molecule has 1 aromatic carbocycles. The Morgan fingerprint density at radius 2 is 1.79 bits per heavy atom. The smallest absolute Gasteiger partial charge is 0.332 e. The highest BCUT2D eigenvalue weighted by Crippen LogP contribution is 2.18. The van der Waals surface area contributed by atoms with Crippen LogP contribution in [0.2, 0.25) is 0 Å². The predicted octanol–water partition coefficient (Wildman–Crippen LogP) is 2.02. The Morgan fingerprint density at radius 1 is 1.10 bits per heavy atom. The first-order valence-corrected chi connectivity index (χ1v) is 9.87. The number of rotatable bonds is 8. The zero-order chi connectivity index (χ0) is 21.1. The molecule has 0 bridgehead atoms. The van der Waals surface area contributed by atoms with Crippen LogP contribution in [-0.4, -0.2) is 37.9 Å². The first-order valence-electron chi connectivity index (χ1n) is 9.87. The van der Waals surface area contributed by atoms with E-state index in [0.29, 0.717) is 36.8 Å². The van der Waals surface area contributed by atoms with Gasteiger partial charge in [-0.3, -0.25) is 18.5 Å². The van der Waals surface area contributed by atoms with Gasteiger partial charge in [-0.1, -0.05) is 29.8 Å². The minimum Gasteiger partial charge on any atom is -0.379 e. The van der Waals surface area contributed by atoms with Crippen LogP contribution in [0.3, 0.4) is 0 Å². The van der Waals surface area contributed by atoms with Crippen LogP contribution in [-0.2, 0) is 25.4 Å². The molecule has 8 heteroatoms. The second kappa shape index (κ2) is 8.65. The third-order valence-electron chi connectivity index (χ3n) is 4.86. The molecular weight excluding hydrogens is 370 g/mol. The van der Waals surface area contributed by atoms with Crippen LogP contribution >= 0.6 is 0 Å². The van der Waals surface area contributed by atoms with Gasteiger partial charge in [0.1, 0.15) is 0 Å². The Hall–Kier alpha value is -2.87. The first-order chi connectivity index (χ1) is 13.8. The Balaban J connectivity index is 2.00. The number of aromatic nitrogens is 4. The molecule has 2 heterocycles. The average Bonchev–Trinajstić information content (AvgIpc) is 3.04.